The summed E-state index contributed by atoms with van der Waals surface area (Å²) in [5.41, 5.74) is -0.113. The Labute approximate surface area is 124 Å². The standard InChI is InChI=1S/C15H22N2O4/c1-9(13(19)17-15(2,3)4)16-14(20)10-6-7-12(21-5)11(18)8-10/h6-9,18H,1-5H3,(H,16,20)(H,17,19). The maximum Gasteiger partial charge on any atom is 0.252 e. The molecule has 0 bridgehead atoms. The van der Waals surface area contributed by atoms with E-state index >= 15 is 0 Å². The Kier molecular flexibility index (Phi) is 5.18. The molecule has 0 radical (unpaired) electrons. The largest absolute Gasteiger partial charge is 0.504 e. The van der Waals surface area contributed by atoms with Gasteiger partial charge >= 0.3 is 0 Å². The van der Waals surface area contributed by atoms with Crippen molar-refractivity contribution in [3.63, 3.8) is 0 Å². The molecule has 1 atom stereocenters. The first kappa shape index (κ1) is 16.8. The van der Waals surface area contributed by atoms with Crippen LogP contribution in [0.25, 0.3) is 0 Å². The number of rotatable bonds is 4. The molecule has 21 heavy (non-hydrogen) atoms. The zero-order valence-electron chi connectivity index (χ0n) is 13.0. The van der Waals surface area contributed by atoms with E-state index in [2.05, 4.69) is 10.6 Å². The molecule has 0 aromatic heterocycles. The SMILES string of the molecule is COc1ccc(C(=O)NC(C)C(=O)NC(C)(C)C)cc1O. The van der Waals surface area contributed by atoms with Crippen molar-refractivity contribution in [1.29, 1.82) is 0 Å². The van der Waals surface area contributed by atoms with Gasteiger partial charge in [0.25, 0.3) is 5.91 Å². The molecule has 6 heteroatoms. The second-order valence-electron chi connectivity index (χ2n) is 5.82. The molecule has 0 saturated carbocycles. The highest BCUT2D eigenvalue weighted by Crippen LogP contribution is 2.26. The fourth-order valence-electron chi connectivity index (χ4n) is 1.65. The van der Waals surface area contributed by atoms with Crippen LogP contribution in [0.1, 0.15) is 38.1 Å². The molecule has 0 spiro atoms. The molecule has 0 aliphatic carbocycles. The summed E-state index contributed by atoms with van der Waals surface area (Å²) in [4.78, 5) is 23.9. The lowest BCUT2D eigenvalue weighted by molar-refractivity contribution is -0.124. The molecule has 1 rings (SSSR count). The highest BCUT2D eigenvalue weighted by Gasteiger charge is 2.21. The Morgan fingerprint density at radius 1 is 1.29 bits per heavy atom. The maximum absolute atomic E-state index is 12.0. The Balaban J connectivity index is 2.72. The van der Waals surface area contributed by atoms with Gasteiger partial charge in [-0.05, 0) is 45.9 Å². The maximum atomic E-state index is 12.0. The lowest BCUT2D eigenvalue weighted by Gasteiger charge is -2.23. The third-order valence-electron chi connectivity index (χ3n) is 2.68. The summed E-state index contributed by atoms with van der Waals surface area (Å²) in [6, 6.07) is 3.62. The number of carbonyl (C=O) groups excluding carboxylic acids is 2. The van der Waals surface area contributed by atoms with E-state index < -0.39 is 11.9 Å². The summed E-state index contributed by atoms with van der Waals surface area (Å²) in [5.74, 6) is -0.555. The van der Waals surface area contributed by atoms with Gasteiger partial charge in [-0.2, -0.15) is 0 Å². The second kappa shape index (κ2) is 6.47. The van der Waals surface area contributed by atoms with Crippen LogP contribution < -0.4 is 15.4 Å². The fourth-order valence-corrected chi connectivity index (χ4v) is 1.65. The van der Waals surface area contributed by atoms with E-state index in [1.807, 2.05) is 20.8 Å². The molecular weight excluding hydrogens is 272 g/mol. The van der Waals surface area contributed by atoms with Crippen LogP contribution in [0.2, 0.25) is 0 Å². The first-order chi connectivity index (χ1) is 9.64. The van der Waals surface area contributed by atoms with Gasteiger partial charge in [-0.25, -0.2) is 0 Å². The third kappa shape index (κ3) is 4.98. The van der Waals surface area contributed by atoms with Crippen molar-refractivity contribution in [2.24, 2.45) is 0 Å². The first-order valence-electron chi connectivity index (χ1n) is 6.64. The van der Waals surface area contributed by atoms with Crippen molar-refractivity contribution in [3.8, 4) is 11.5 Å². The number of nitrogens with one attached hydrogen (secondary N) is 2. The smallest absolute Gasteiger partial charge is 0.252 e. The number of phenols is 1. The van der Waals surface area contributed by atoms with Crippen molar-refractivity contribution < 1.29 is 19.4 Å². The van der Waals surface area contributed by atoms with Gasteiger partial charge < -0.3 is 20.5 Å². The van der Waals surface area contributed by atoms with Gasteiger partial charge in [0.2, 0.25) is 5.91 Å². The predicted molar refractivity (Wildman–Crippen MR) is 79.5 cm³/mol. The number of ether oxygens (including phenoxy) is 1. The van der Waals surface area contributed by atoms with E-state index in [1.165, 1.54) is 25.3 Å². The number of methoxy groups -OCH3 is 1. The van der Waals surface area contributed by atoms with E-state index in [0.717, 1.165) is 0 Å². The van der Waals surface area contributed by atoms with Crippen molar-refractivity contribution >= 4 is 11.8 Å². The predicted octanol–water partition coefficient (Wildman–Crippen LogP) is 1.43. The van der Waals surface area contributed by atoms with Gasteiger partial charge in [0.1, 0.15) is 6.04 Å². The van der Waals surface area contributed by atoms with Crippen LogP contribution in [0.4, 0.5) is 0 Å². The van der Waals surface area contributed by atoms with Crippen LogP contribution in [0, 0.1) is 0 Å². The Hall–Kier alpha value is -2.24. The quantitative estimate of drug-likeness (QED) is 0.784. The lowest BCUT2D eigenvalue weighted by Crippen LogP contribution is -2.50. The summed E-state index contributed by atoms with van der Waals surface area (Å²) in [5, 5.41) is 15.0. The Morgan fingerprint density at radius 3 is 2.38 bits per heavy atom. The fraction of sp³-hybridized carbons (Fsp3) is 0.467. The van der Waals surface area contributed by atoms with Crippen molar-refractivity contribution in [1.82, 2.24) is 10.6 Å². The Bertz CT molecular complexity index is 535. The molecule has 0 aliphatic rings. The van der Waals surface area contributed by atoms with E-state index in [0.29, 0.717) is 0 Å². The Morgan fingerprint density at radius 2 is 1.90 bits per heavy atom. The molecule has 0 heterocycles. The van der Waals surface area contributed by atoms with Gasteiger partial charge in [0, 0.05) is 11.1 Å². The topological polar surface area (TPSA) is 87.7 Å². The molecule has 0 fully saturated rings. The summed E-state index contributed by atoms with van der Waals surface area (Å²) < 4.78 is 4.91. The number of amides is 2. The highest BCUT2D eigenvalue weighted by atomic mass is 16.5. The van der Waals surface area contributed by atoms with Crippen molar-refractivity contribution in [2.75, 3.05) is 7.11 Å². The number of benzene rings is 1. The third-order valence-corrected chi connectivity index (χ3v) is 2.68. The second-order valence-corrected chi connectivity index (χ2v) is 5.82. The summed E-state index contributed by atoms with van der Waals surface area (Å²) in [6.45, 7) is 7.19. The summed E-state index contributed by atoms with van der Waals surface area (Å²) >= 11 is 0. The normalized spacial score (nSPS) is 12.4. The number of phenolic OH excluding ortho intramolecular Hbond substituents is 1. The van der Waals surface area contributed by atoms with Gasteiger partial charge in [-0.15, -0.1) is 0 Å². The first-order valence-corrected chi connectivity index (χ1v) is 6.64. The van der Waals surface area contributed by atoms with E-state index in [9.17, 15) is 14.7 Å². The minimum absolute atomic E-state index is 0.128. The van der Waals surface area contributed by atoms with Crippen LogP contribution in [0.15, 0.2) is 18.2 Å². The molecule has 3 N–H and O–H groups in total. The minimum atomic E-state index is -0.680. The average molecular weight is 294 g/mol. The number of hydrogen-bond donors (Lipinski definition) is 3. The molecule has 0 saturated heterocycles. The molecule has 2 amide bonds. The van der Waals surface area contributed by atoms with Crippen LogP contribution in [0.3, 0.4) is 0 Å². The zero-order valence-corrected chi connectivity index (χ0v) is 13.0. The molecular formula is C15H22N2O4. The zero-order chi connectivity index (χ0) is 16.2. The molecule has 0 aliphatic heterocycles. The summed E-state index contributed by atoms with van der Waals surface area (Å²) in [6.07, 6.45) is 0. The van der Waals surface area contributed by atoms with Gasteiger partial charge in [-0.3, -0.25) is 9.59 Å². The number of hydrogen-bond acceptors (Lipinski definition) is 4. The van der Waals surface area contributed by atoms with E-state index in [-0.39, 0.29) is 28.5 Å². The van der Waals surface area contributed by atoms with Crippen LogP contribution >= 0.6 is 0 Å². The van der Waals surface area contributed by atoms with Crippen molar-refractivity contribution in [3.05, 3.63) is 23.8 Å². The highest BCUT2D eigenvalue weighted by molar-refractivity contribution is 5.98. The van der Waals surface area contributed by atoms with E-state index in [4.69, 9.17) is 4.74 Å². The molecule has 1 aromatic carbocycles. The number of aromatic hydroxyl groups is 1. The van der Waals surface area contributed by atoms with Crippen molar-refractivity contribution in [2.45, 2.75) is 39.3 Å². The van der Waals surface area contributed by atoms with Gasteiger partial charge in [0.15, 0.2) is 11.5 Å². The van der Waals surface area contributed by atoms with Gasteiger partial charge in [-0.1, -0.05) is 0 Å². The molecule has 116 valence electrons. The van der Waals surface area contributed by atoms with Crippen LogP contribution in [-0.4, -0.2) is 35.6 Å². The average Bonchev–Trinajstić information content (AvgIpc) is 2.36. The lowest BCUT2D eigenvalue weighted by atomic mass is 10.1. The van der Waals surface area contributed by atoms with E-state index in [1.54, 1.807) is 6.92 Å². The molecule has 1 aromatic rings. The van der Waals surface area contributed by atoms with Crippen LogP contribution in [-0.2, 0) is 4.79 Å². The minimum Gasteiger partial charge on any atom is -0.504 e. The monoisotopic (exact) mass is 294 g/mol. The van der Waals surface area contributed by atoms with Crippen LogP contribution in [0.5, 0.6) is 11.5 Å². The number of carbonyl (C=O) groups is 2. The summed E-state index contributed by atoms with van der Waals surface area (Å²) in [7, 11) is 1.42. The van der Waals surface area contributed by atoms with Gasteiger partial charge in [0.05, 0.1) is 7.11 Å². The molecule has 6 nitrogen and oxygen atoms in total. The molecule has 1 unspecified atom stereocenters.